The van der Waals surface area contributed by atoms with Crippen LogP contribution in [0.3, 0.4) is 0 Å². The molecule has 9 heteroatoms. The van der Waals surface area contributed by atoms with Crippen molar-refractivity contribution in [2.45, 2.75) is 39.8 Å². The Balaban J connectivity index is 1.63. The van der Waals surface area contributed by atoms with Gasteiger partial charge in [-0.25, -0.2) is 9.48 Å². The molecule has 0 fully saturated rings. The zero-order valence-corrected chi connectivity index (χ0v) is 18.4. The smallest absolute Gasteiger partial charge is 0.343 e. The van der Waals surface area contributed by atoms with Crippen molar-refractivity contribution in [3.05, 3.63) is 59.5 Å². The minimum atomic E-state index is -0.553. The zero-order chi connectivity index (χ0) is 22.6. The van der Waals surface area contributed by atoms with Crippen LogP contribution in [0.15, 0.2) is 42.7 Å². The van der Waals surface area contributed by atoms with Crippen LogP contribution in [-0.4, -0.2) is 38.0 Å². The maximum absolute atomic E-state index is 12.6. The lowest BCUT2D eigenvalue weighted by atomic mass is 9.87. The minimum absolute atomic E-state index is 0.0732. The molecule has 1 N–H and O–H groups in total. The summed E-state index contributed by atoms with van der Waals surface area (Å²) >= 11 is 0. The largest absolute Gasteiger partial charge is 0.471 e. The highest BCUT2D eigenvalue weighted by molar-refractivity contribution is 6.06. The number of carbonyl (C=O) groups excluding carboxylic acids is 2. The van der Waals surface area contributed by atoms with Crippen LogP contribution in [-0.2, 0) is 23.9 Å². The van der Waals surface area contributed by atoms with Crippen molar-refractivity contribution in [2.24, 2.45) is 7.05 Å². The summed E-state index contributed by atoms with van der Waals surface area (Å²) in [7, 11) is 1.62. The van der Waals surface area contributed by atoms with Crippen LogP contribution in [0.25, 0.3) is 0 Å². The molecular formula is C22H27N5O4. The summed E-state index contributed by atoms with van der Waals surface area (Å²) in [6.45, 7) is 8.55. The Kier molecular flexibility index (Phi) is 6.43. The summed E-state index contributed by atoms with van der Waals surface area (Å²) in [5.41, 5.74) is 1.65. The van der Waals surface area contributed by atoms with E-state index in [1.54, 1.807) is 26.2 Å². The first-order valence-electron chi connectivity index (χ1n) is 9.96. The number of aromatic nitrogens is 4. The summed E-state index contributed by atoms with van der Waals surface area (Å²) < 4.78 is 13.7. The molecule has 0 atom stereocenters. The molecule has 0 aliphatic rings. The van der Waals surface area contributed by atoms with Crippen molar-refractivity contribution in [1.29, 1.82) is 0 Å². The Labute approximate surface area is 181 Å². The van der Waals surface area contributed by atoms with E-state index in [0.717, 1.165) is 0 Å². The molecule has 31 heavy (non-hydrogen) atoms. The maximum atomic E-state index is 12.6. The van der Waals surface area contributed by atoms with Crippen molar-refractivity contribution >= 4 is 17.7 Å². The third kappa shape index (κ3) is 5.30. The van der Waals surface area contributed by atoms with E-state index in [-0.39, 0.29) is 35.8 Å². The fourth-order valence-electron chi connectivity index (χ4n) is 2.86. The number of anilines is 1. The summed E-state index contributed by atoms with van der Waals surface area (Å²) in [6, 6.07) is 9.47. The van der Waals surface area contributed by atoms with Gasteiger partial charge < -0.3 is 14.8 Å². The third-order valence-electron chi connectivity index (χ3n) is 4.62. The van der Waals surface area contributed by atoms with Gasteiger partial charge in [-0.3, -0.25) is 9.48 Å². The number of carbonyl (C=O) groups is 2. The quantitative estimate of drug-likeness (QED) is 0.583. The van der Waals surface area contributed by atoms with Gasteiger partial charge in [0.1, 0.15) is 17.1 Å². The van der Waals surface area contributed by atoms with Gasteiger partial charge in [-0.15, -0.1) is 0 Å². The van der Waals surface area contributed by atoms with Crippen LogP contribution < -0.4 is 10.1 Å². The second-order valence-corrected chi connectivity index (χ2v) is 7.99. The standard InChI is InChI=1S/C22H27N5O4/c1-6-30-21(29)17-13-23-26(5)19(17)24-20(28)18-11-12-27(25-18)14-31-16-9-7-15(8-10-16)22(2,3)4/h7-13H,6,14H2,1-5H3,(H,24,28). The normalized spacial score (nSPS) is 11.3. The van der Waals surface area contributed by atoms with E-state index in [9.17, 15) is 9.59 Å². The first-order chi connectivity index (χ1) is 14.7. The maximum Gasteiger partial charge on any atom is 0.343 e. The Morgan fingerprint density at radius 3 is 2.48 bits per heavy atom. The Morgan fingerprint density at radius 1 is 1.13 bits per heavy atom. The third-order valence-corrected chi connectivity index (χ3v) is 4.62. The molecule has 3 aromatic rings. The van der Waals surface area contributed by atoms with Gasteiger partial charge in [0, 0.05) is 13.2 Å². The average Bonchev–Trinajstić information content (AvgIpc) is 3.34. The Morgan fingerprint density at radius 2 is 1.84 bits per heavy atom. The van der Waals surface area contributed by atoms with Crippen LogP contribution in [0.5, 0.6) is 5.75 Å². The van der Waals surface area contributed by atoms with Gasteiger partial charge in [-0.1, -0.05) is 32.9 Å². The number of aryl methyl sites for hydroxylation is 1. The van der Waals surface area contributed by atoms with Gasteiger partial charge in [-0.2, -0.15) is 10.2 Å². The fraction of sp³-hybridized carbons (Fsp3) is 0.364. The van der Waals surface area contributed by atoms with Gasteiger partial charge in [0.25, 0.3) is 5.91 Å². The SMILES string of the molecule is CCOC(=O)c1cnn(C)c1NC(=O)c1ccn(COc2ccc(C(C)(C)C)cc2)n1. The van der Waals surface area contributed by atoms with Crippen LogP contribution in [0.1, 0.15) is 54.1 Å². The van der Waals surface area contributed by atoms with Crippen LogP contribution in [0.4, 0.5) is 5.82 Å². The van der Waals surface area contributed by atoms with Crippen molar-refractivity contribution in [2.75, 3.05) is 11.9 Å². The number of rotatable bonds is 7. The molecule has 0 unspecified atom stereocenters. The Hall–Kier alpha value is -3.62. The summed E-state index contributed by atoms with van der Waals surface area (Å²) in [4.78, 5) is 24.6. The van der Waals surface area contributed by atoms with Crippen LogP contribution >= 0.6 is 0 Å². The molecule has 2 heterocycles. The average molecular weight is 425 g/mol. The van der Waals surface area contributed by atoms with E-state index >= 15 is 0 Å². The lowest BCUT2D eigenvalue weighted by Crippen LogP contribution is -2.18. The molecule has 164 valence electrons. The predicted octanol–water partition coefficient (Wildman–Crippen LogP) is 3.38. The first-order valence-corrected chi connectivity index (χ1v) is 9.96. The Bertz CT molecular complexity index is 1060. The van der Waals surface area contributed by atoms with Crippen molar-refractivity contribution in [1.82, 2.24) is 19.6 Å². The molecule has 0 radical (unpaired) electrons. The lowest BCUT2D eigenvalue weighted by Gasteiger charge is -2.19. The number of nitrogens with one attached hydrogen (secondary N) is 1. The number of hydrogen-bond acceptors (Lipinski definition) is 6. The molecule has 0 saturated heterocycles. The molecule has 0 aliphatic heterocycles. The van der Waals surface area contributed by atoms with E-state index in [4.69, 9.17) is 9.47 Å². The van der Waals surface area contributed by atoms with Crippen molar-refractivity contribution in [3.63, 3.8) is 0 Å². The molecular weight excluding hydrogens is 398 g/mol. The van der Waals surface area contributed by atoms with E-state index in [1.807, 2.05) is 24.3 Å². The van der Waals surface area contributed by atoms with E-state index < -0.39 is 11.9 Å². The molecule has 0 spiro atoms. The molecule has 0 bridgehead atoms. The van der Waals surface area contributed by atoms with Gasteiger partial charge in [-0.05, 0) is 36.1 Å². The van der Waals surface area contributed by atoms with Gasteiger partial charge in [0.05, 0.1) is 12.8 Å². The van der Waals surface area contributed by atoms with Crippen molar-refractivity contribution in [3.8, 4) is 5.75 Å². The summed E-state index contributed by atoms with van der Waals surface area (Å²) in [5.74, 6) is -0.0682. The number of nitrogens with zero attached hydrogens (tertiary/aromatic N) is 4. The number of benzene rings is 1. The monoisotopic (exact) mass is 425 g/mol. The van der Waals surface area contributed by atoms with E-state index in [0.29, 0.717) is 5.75 Å². The predicted molar refractivity (Wildman–Crippen MR) is 115 cm³/mol. The van der Waals surface area contributed by atoms with Gasteiger partial charge >= 0.3 is 5.97 Å². The number of hydrogen-bond donors (Lipinski definition) is 1. The summed E-state index contributed by atoms with van der Waals surface area (Å²) in [6.07, 6.45) is 3.00. The molecule has 0 aliphatic carbocycles. The van der Waals surface area contributed by atoms with E-state index in [1.165, 1.54) is 21.1 Å². The molecule has 3 rings (SSSR count). The van der Waals surface area contributed by atoms with Crippen molar-refractivity contribution < 1.29 is 19.1 Å². The second kappa shape index (κ2) is 9.03. The molecule has 2 aromatic heterocycles. The number of esters is 1. The topological polar surface area (TPSA) is 100 Å². The van der Waals surface area contributed by atoms with Crippen LogP contribution in [0, 0.1) is 0 Å². The number of ether oxygens (including phenoxy) is 2. The lowest BCUT2D eigenvalue weighted by molar-refractivity contribution is 0.0527. The van der Waals surface area contributed by atoms with Gasteiger partial charge in [0.15, 0.2) is 12.4 Å². The van der Waals surface area contributed by atoms with Crippen LogP contribution in [0.2, 0.25) is 0 Å². The first kappa shape index (κ1) is 22.1. The van der Waals surface area contributed by atoms with Gasteiger partial charge in [0.2, 0.25) is 0 Å². The molecule has 0 saturated carbocycles. The fourth-order valence-corrected chi connectivity index (χ4v) is 2.86. The number of amides is 1. The highest BCUT2D eigenvalue weighted by atomic mass is 16.5. The molecule has 1 amide bonds. The second-order valence-electron chi connectivity index (χ2n) is 7.99. The van der Waals surface area contributed by atoms with E-state index in [2.05, 4.69) is 36.3 Å². The molecule has 1 aromatic carbocycles. The molecule has 9 nitrogen and oxygen atoms in total. The minimum Gasteiger partial charge on any atom is -0.471 e. The summed E-state index contributed by atoms with van der Waals surface area (Å²) in [5, 5.41) is 10.9. The highest BCUT2D eigenvalue weighted by Gasteiger charge is 2.21. The zero-order valence-electron chi connectivity index (χ0n) is 18.4. The highest BCUT2D eigenvalue weighted by Crippen LogP contribution is 2.24.